The van der Waals surface area contributed by atoms with Gasteiger partial charge in [0.2, 0.25) is 0 Å². The van der Waals surface area contributed by atoms with E-state index in [0.717, 1.165) is 38.6 Å². The number of hydrogen-bond acceptors (Lipinski definition) is 9. The van der Waals surface area contributed by atoms with Gasteiger partial charge in [-0.2, -0.15) is 9.97 Å². The van der Waals surface area contributed by atoms with Gasteiger partial charge in [0.1, 0.15) is 41.4 Å². The molecule has 2 bridgehead atoms. The number of alkyl halides is 1. The number of piperazine rings is 1. The highest BCUT2D eigenvalue weighted by Crippen LogP contribution is 2.43. The van der Waals surface area contributed by atoms with Crippen LogP contribution in [0.4, 0.5) is 19.0 Å². The summed E-state index contributed by atoms with van der Waals surface area (Å²) in [5.41, 5.74) is -0.732. The molecule has 2 N–H and O–H groups in total. The van der Waals surface area contributed by atoms with Crippen molar-refractivity contribution in [3.63, 3.8) is 0 Å². The Morgan fingerprint density at radius 2 is 2.06 bits per heavy atom. The third-order valence-electron chi connectivity index (χ3n) is 10.8. The predicted molar refractivity (Wildman–Crippen MR) is 176 cm³/mol. The van der Waals surface area contributed by atoms with E-state index in [0.29, 0.717) is 49.3 Å². The predicted octanol–water partition coefficient (Wildman–Crippen LogP) is 5.11. The molecule has 4 aliphatic rings. The van der Waals surface area contributed by atoms with E-state index < -0.39 is 23.3 Å². The van der Waals surface area contributed by atoms with Gasteiger partial charge in [0.05, 0.1) is 16.5 Å². The minimum atomic E-state index is -0.928. The second kappa shape index (κ2) is 11.8. The highest BCUT2D eigenvalue weighted by molar-refractivity contribution is 6.03. The highest BCUT2D eigenvalue weighted by Gasteiger charge is 2.50. The molecule has 2 aromatic carbocycles. The first-order valence-electron chi connectivity index (χ1n) is 16.5. The van der Waals surface area contributed by atoms with Crippen molar-refractivity contribution in [3.8, 4) is 35.4 Å². The van der Waals surface area contributed by atoms with Crippen LogP contribution in [-0.4, -0.2) is 94.8 Å². The van der Waals surface area contributed by atoms with Crippen LogP contribution in [0.3, 0.4) is 0 Å². The van der Waals surface area contributed by atoms with Crippen molar-refractivity contribution in [3.05, 3.63) is 47.7 Å². The lowest BCUT2D eigenvalue weighted by Gasteiger charge is -2.42. The van der Waals surface area contributed by atoms with Crippen LogP contribution in [0.1, 0.15) is 44.1 Å². The number of phenols is 1. The van der Waals surface area contributed by atoms with E-state index >= 15 is 4.39 Å². The molecule has 4 aromatic rings. The topological polar surface area (TPSA) is 95.9 Å². The van der Waals surface area contributed by atoms with Crippen molar-refractivity contribution in [1.82, 2.24) is 25.2 Å². The van der Waals surface area contributed by atoms with Crippen LogP contribution in [0.15, 0.2) is 30.5 Å². The fourth-order valence-corrected chi connectivity index (χ4v) is 8.64. The Labute approximate surface area is 276 Å². The quantitative estimate of drug-likeness (QED) is 0.251. The first-order chi connectivity index (χ1) is 23.2. The maximum atomic E-state index is 17.0. The van der Waals surface area contributed by atoms with Crippen molar-refractivity contribution in [1.29, 1.82) is 0 Å². The van der Waals surface area contributed by atoms with E-state index in [4.69, 9.17) is 20.9 Å². The third kappa shape index (κ3) is 5.11. The SMILES string of the molecule is C#Cc1c(F)ccc2cc(O)cc(-c3ncc4c(N5C[C@@H]6CC[C@](CCOC)(C5)N6)nc(OC[C@@]56CCCN5C[C@H](F)C6)nc4c3F)c12. The molecular formula is C36H37F3N6O3. The Morgan fingerprint density at radius 1 is 1.19 bits per heavy atom. The summed E-state index contributed by atoms with van der Waals surface area (Å²) in [5.74, 6) is 1.30. The molecule has 2 aromatic heterocycles. The number of ether oxygens (including phenoxy) is 2. The number of aromatic hydroxyl groups is 1. The zero-order valence-electron chi connectivity index (χ0n) is 26.7. The molecule has 0 aliphatic carbocycles. The number of hydrogen-bond donors (Lipinski definition) is 2. The lowest BCUT2D eigenvalue weighted by molar-refractivity contribution is 0.107. The zero-order valence-corrected chi connectivity index (χ0v) is 26.7. The molecule has 4 aliphatic heterocycles. The molecular weight excluding hydrogens is 621 g/mol. The average molecular weight is 659 g/mol. The van der Waals surface area contributed by atoms with E-state index in [1.54, 1.807) is 7.11 Å². The number of terminal acetylenes is 1. The van der Waals surface area contributed by atoms with Crippen molar-refractivity contribution in [2.45, 2.75) is 61.8 Å². The minimum Gasteiger partial charge on any atom is -0.508 e. The van der Waals surface area contributed by atoms with Crippen LogP contribution in [0.25, 0.3) is 32.9 Å². The normalized spacial score (nSPS) is 26.8. The highest BCUT2D eigenvalue weighted by atomic mass is 19.1. The number of rotatable bonds is 8. The number of pyridine rings is 1. The molecule has 6 heterocycles. The molecule has 0 unspecified atom stereocenters. The van der Waals surface area contributed by atoms with Crippen molar-refractivity contribution < 1.29 is 27.8 Å². The number of nitrogens with one attached hydrogen (secondary N) is 1. The van der Waals surface area contributed by atoms with Crippen molar-refractivity contribution in [2.75, 3.05) is 51.4 Å². The number of phenolic OH excluding ortho intramolecular Hbond substituents is 1. The van der Waals surface area contributed by atoms with Crippen molar-refractivity contribution in [2.24, 2.45) is 0 Å². The van der Waals surface area contributed by atoms with Crippen LogP contribution in [0.5, 0.6) is 11.8 Å². The second-order valence-corrected chi connectivity index (χ2v) is 13.8. The van der Waals surface area contributed by atoms with Crippen LogP contribution in [0.2, 0.25) is 0 Å². The summed E-state index contributed by atoms with van der Waals surface area (Å²) < 4.78 is 58.1. The first kappa shape index (κ1) is 31.1. The molecule has 9 nitrogen and oxygen atoms in total. The van der Waals surface area contributed by atoms with Gasteiger partial charge in [-0.25, -0.2) is 13.2 Å². The molecule has 0 spiro atoms. The maximum absolute atomic E-state index is 17.0. The van der Waals surface area contributed by atoms with Gasteiger partial charge in [0.25, 0.3) is 0 Å². The van der Waals surface area contributed by atoms with Gasteiger partial charge in [-0.15, -0.1) is 6.42 Å². The smallest absolute Gasteiger partial charge is 0.319 e. The summed E-state index contributed by atoms with van der Waals surface area (Å²) in [7, 11) is 1.69. The lowest BCUT2D eigenvalue weighted by Crippen LogP contribution is -2.60. The standard InChI is InChI=1S/C36H37F3N6O3/c1-3-25-28(38)6-5-21-13-24(46)14-26(29(21)25)31-30(39)32-27(16-40-31)33(44-18-23-7-9-35(19-44,43-23)10-12-47-2)42-34(41-32)48-20-36-8-4-11-45(36)17-22(37)15-36/h1,5-6,13-14,16,22-23,43,46H,4,7-12,15,17-20H2,2H3/t22-,23+,35+,36+/m1/s1. The second-order valence-electron chi connectivity index (χ2n) is 13.8. The van der Waals surface area contributed by atoms with Gasteiger partial charge in [0, 0.05) is 68.5 Å². The average Bonchev–Trinajstić information content (AvgIpc) is 3.71. The fraction of sp³-hybridized carbons (Fsp3) is 0.472. The number of fused-ring (bicyclic) bond motifs is 5. The van der Waals surface area contributed by atoms with Gasteiger partial charge >= 0.3 is 6.01 Å². The Balaban J connectivity index is 1.27. The van der Waals surface area contributed by atoms with Crippen molar-refractivity contribution >= 4 is 27.5 Å². The molecule has 48 heavy (non-hydrogen) atoms. The summed E-state index contributed by atoms with van der Waals surface area (Å²) in [6.07, 6.45) is 11.2. The Morgan fingerprint density at radius 3 is 2.90 bits per heavy atom. The van der Waals surface area contributed by atoms with Crippen LogP contribution < -0.4 is 15.0 Å². The molecule has 0 amide bonds. The fourth-order valence-electron chi connectivity index (χ4n) is 8.64. The monoisotopic (exact) mass is 658 g/mol. The van der Waals surface area contributed by atoms with E-state index in [1.165, 1.54) is 30.5 Å². The Hall–Kier alpha value is -4.18. The van der Waals surface area contributed by atoms with E-state index in [2.05, 4.69) is 31.0 Å². The molecule has 8 rings (SSSR count). The number of nitrogens with zero attached hydrogens (tertiary/aromatic N) is 5. The molecule has 4 atom stereocenters. The number of aromatic nitrogens is 3. The first-order valence-corrected chi connectivity index (χ1v) is 16.5. The number of anilines is 1. The molecule has 0 radical (unpaired) electrons. The number of benzene rings is 2. The van der Waals surface area contributed by atoms with E-state index in [9.17, 15) is 13.9 Å². The minimum absolute atomic E-state index is 0.00923. The summed E-state index contributed by atoms with van der Waals surface area (Å²) in [6.45, 7) is 3.22. The van der Waals surface area contributed by atoms with Gasteiger partial charge in [-0.3, -0.25) is 9.88 Å². The Kier molecular flexibility index (Phi) is 7.62. The summed E-state index contributed by atoms with van der Waals surface area (Å²) in [5, 5.41) is 15.4. The summed E-state index contributed by atoms with van der Waals surface area (Å²) >= 11 is 0. The van der Waals surface area contributed by atoms with E-state index in [1.807, 2.05) is 0 Å². The third-order valence-corrected chi connectivity index (χ3v) is 10.8. The molecule has 4 saturated heterocycles. The number of methoxy groups -OCH3 is 1. The number of halogens is 3. The molecule has 0 saturated carbocycles. The zero-order chi connectivity index (χ0) is 33.2. The summed E-state index contributed by atoms with van der Waals surface area (Å²) in [4.78, 5) is 18.3. The van der Waals surface area contributed by atoms with Gasteiger partial charge in [0.15, 0.2) is 5.82 Å². The molecule has 4 fully saturated rings. The van der Waals surface area contributed by atoms with Crippen LogP contribution in [-0.2, 0) is 4.74 Å². The molecule has 250 valence electrons. The van der Waals surface area contributed by atoms with Gasteiger partial charge in [-0.05, 0) is 62.2 Å². The summed E-state index contributed by atoms with van der Waals surface area (Å²) in [6, 6.07) is 5.67. The lowest BCUT2D eigenvalue weighted by atomic mass is 9.93. The molecule has 12 heteroatoms. The van der Waals surface area contributed by atoms with E-state index in [-0.39, 0.29) is 57.7 Å². The van der Waals surface area contributed by atoms with Gasteiger partial charge in [-0.1, -0.05) is 12.0 Å². The Bertz CT molecular complexity index is 1970. The maximum Gasteiger partial charge on any atom is 0.319 e. The van der Waals surface area contributed by atoms with Crippen LogP contribution >= 0.6 is 0 Å². The van der Waals surface area contributed by atoms with Gasteiger partial charge < -0.3 is 24.8 Å². The largest absolute Gasteiger partial charge is 0.508 e. The van der Waals surface area contributed by atoms with Crippen LogP contribution in [0, 0.1) is 24.0 Å².